The molecule has 0 aliphatic heterocycles. The molecular weight excluding hydrogens is 507 g/mol. The molecule has 0 aromatic heterocycles. The topological polar surface area (TPSA) is 66.8 Å². The Morgan fingerprint density at radius 2 is 1.00 bits per heavy atom. The van der Waals surface area contributed by atoms with Gasteiger partial charge in [0.15, 0.2) is 6.17 Å². The van der Waals surface area contributed by atoms with E-state index in [1.165, 1.54) is 0 Å². The SMILES string of the molecule is O=P(O)(O)OC(F)(F)C(F)(F)C(F)(F)C(F)(F)C(F)(F)C(F)(F)C(F)CC(F)(F)F. The summed E-state index contributed by atoms with van der Waals surface area (Å²) in [5.41, 5.74) is 0. The monoisotopic (exact) mass is 512 g/mol. The Hall–Kier alpha value is -1.01. The first-order valence-corrected chi connectivity index (χ1v) is 7.85. The Balaban J connectivity index is 6.44. The Morgan fingerprint density at radius 1 is 0.667 bits per heavy atom. The van der Waals surface area contributed by atoms with E-state index in [2.05, 4.69) is 0 Å². The molecule has 21 heteroatoms. The van der Waals surface area contributed by atoms with Gasteiger partial charge in [-0.05, 0) is 0 Å². The summed E-state index contributed by atoms with van der Waals surface area (Å²) >= 11 is 0. The van der Waals surface area contributed by atoms with E-state index < -0.39 is 62.3 Å². The van der Waals surface area contributed by atoms with Gasteiger partial charge in [-0.2, -0.15) is 65.9 Å². The van der Waals surface area contributed by atoms with Gasteiger partial charge in [-0.3, -0.25) is 0 Å². The van der Waals surface area contributed by atoms with Gasteiger partial charge in [0, 0.05) is 0 Å². The van der Waals surface area contributed by atoms with E-state index in [0.29, 0.717) is 0 Å². The second kappa shape index (κ2) is 7.54. The van der Waals surface area contributed by atoms with Gasteiger partial charge < -0.3 is 9.79 Å². The highest BCUT2D eigenvalue weighted by Crippen LogP contribution is 2.62. The summed E-state index contributed by atoms with van der Waals surface area (Å²) in [6.45, 7) is 0. The molecule has 0 amide bonds. The maximum atomic E-state index is 13.2. The van der Waals surface area contributed by atoms with E-state index in [1.807, 2.05) is 0 Å². The van der Waals surface area contributed by atoms with Crippen LogP contribution >= 0.6 is 7.82 Å². The molecule has 0 fully saturated rings. The molecule has 0 saturated heterocycles. The number of hydrogen-bond donors (Lipinski definition) is 2. The first-order chi connectivity index (χ1) is 12.6. The molecule has 1 unspecified atom stereocenters. The first kappa shape index (κ1) is 29.0. The third-order valence-electron chi connectivity index (χ3n) is 3.00. The van der Waals surface area contributed by atoms with Crippen molar-refractivity contribution in [2.75, 3.05) is 0 Å². The summed E-state index contributed by atoms with van der Waals surface area (Å²) < 4.78 is 217. The van der Waals surface area contributed by atoms with Crippen molar-refractivity contribution in [2.45, 2.75) is 54.5 Å². The molecule has 1 atom stereocenters. The lowest BCUT2D eigenvalue weighted by atomic mass is 9.91. The van der Waals surface area contributed by atoms with Crippen LogP contribution in [0, 0.1) is 0 Å². The fourth-order valence-corrected chi connectivity index (χ4v) is 1.93. The van der Waals surface area contributed by atoms with E-state index in [9.17, 15) is 74.8 Å². The largest absolute Gasteiger partial charge is 0.474 e. The fourth-order valence-electron chi connectivity index (χ4n) is 1.52. The molecule has 0 bridgehead atoms. The number of phosphoric ester groups is 1. The summed E-state index contributed by atoms with van der Waals surface area (Å²) in [5.74, 6) is -40.6. The van der Waals surface area contributed by atoms with E-state index in [1.54, 1.807) is 4.52 Å². The van der Waals surface area contributed by atoms with E-state index in [4.69, 9.17) is 9.79 Å². The molecule has 0 spiro atoms. The molecule has 0 aliphatic rings. The van der Waals surface area contributed by atoms with E-state index in [-0.39, 0.29) is 0 Å². The quantitative estimate of drug-likeness (QED) is 0.331. The smallest absolute Gasteiger partial charge is 0.303 e. The summed E-state index contributed by atoms with van der Waals surface area (Å²) in [7, 11) is -6.95. The van der Waals surface area contributed by atoms with E-state index in [0.717, 1.165) is 0 Å². The molecule has 182 valence electrons. The van der Waals surface area contributed by atoms with Gasteiger partial charge in [-0.15, -0.1) is 0 Å². The highest BCUT2D eigenvalue weighted by molar-refractivity contribution is 7.46. The van der Waals surface area contributed by atoms with E-state index >= 15 is 0 Å². The summed E-state index contributed by atoms with van der Waals surface area (Å²) in [6.07, 6.45) is -22.7. The number of rotatable bonds is 9. The summed E-state index contributed by atoms with van der Waals surface area (Å²) in [5, 5.41) is 0. The van der Waals surface area contributed by atoms with Crippen LogP contribution in [0.4, 0.5) is 70.2 Å². The third-order valence-corrected chi connectivity index (χ3v) is 3.47. The lowest BCUT2D eigenvalue weighted by molar-refractivity contribution is -0.450. The molecule has 0 radical (unpaired) electrons. The zero-order chi connectivity index (χ0) is 25.0. The third kappa shape index (κ3) is 4.90. The molecule has 30 heavy (non-hydrogen) atoms. The standard InChI is InChI=1S/C9H5F16O4P/c10-2(1-3(11,12)13)4(14,15)5(16,17)6(18,19)7(20,21)8(22,23)9(24,25)29-30(26,27)28/h2H,1H2,(H2,26,27,28). The molecule has 0 aromatic carbocycles. The second-order valence-corrected chi connectivity index (χ2v) is 6.47. The number of hydrogen-bond acceptors (Lipinski definition) is 2. The van der Waals surface area contributed by atoms with Gasteiger partial charge in [0.1, 0.15) is 0 Å². The average Bonchev–Trinajstić information content (AvgIpc) is 2.41. The molecule has 0 aromatic rings. The van der Waals surface area contributed by atoms with Crippen molar-refractivity contribution < 1.29 is 89.1 Å². The average molecular weight is 512 g/mol. The van der Waals surface area contributed by atoms with Crippen LogP contribution in [-0.2, 0) is 9.09 Å². The lowest BCUT2D eigenvalue weighted by Crippen LogP contribution is -2.72. The van der Waals surface area contributed by atoms with Gasteiger partial charge >= 0.3 is 49.7 Å². The molecule has 2 N–H and O–H groups in total. The molecule has 4 nitrogen and oxygen atoms in total. The highest BCUT2D eigenvalue weighted by atomic mass is 31.2. The van der Waals surface area contributed by atoms with Gasteiger partial charge in [0.2, 0.25) is 0 Å². The summed E-state index contributed by atoms with van der Waals surface area (Å²) in [4.78, 5) is 15.7. The number of alkyl halides is 16. The van der Waals surface area contributed by atoms with Crippen molar-refractivity contribution in [2.24, 2.45) is 0 Å². The van der Waals surface area contributed by atoms with Crippen molar-refractivity contribution in [1.29, 1.82) is 0 Å². The van der Waals surface area contributed by atoms with Crippen molar-refractivity contribution in [3.8, 4) is 0 Å². The van der Waals surface area contributed by atoms with Crippen LogP contribution in [0.2, 0.25) is 0 Å². The molecular formula is C9H5F16O4P. The van der Waals surface area contributed by atoms with Crippen molar-refractivity contribution in [3.05, 3.63) is 0 Å². The summed E-state index contributed by atoms with van der Waals surface area (Å²) in [6, 6.07) is 0. The molecule has 0 heterocycles. The zero-order valence-electron chi connectivity index (χ0n) is 13.0. The van der Waals surface area contributed by atoms with Crippen LogP contribution in [0.25, 0.3) is 0 Å². The van der Waals surface area contributed by atoms with Gasteiger partial charge in [0.25, 0.3) is 0 Å². The van der Waals surface area contributed by atoms with Gasteiger partial charge in [0.05, 0.1) is 6.42 Å². The van der Waals surface area contributed by atoms with Crippen LogP contribution < -0.4 is 0 Å². The lowest BCUT2D eigenvalue weighted by Gasteiger charge is -2.41. The Labute approximate surface area is 153 Å². The number of halogens is 16. The van der Waals surface area contributed by atoms with Crippen LogP contribution in [0.15, 0.2) is 0 Å². The van der Waals surface area contributed by atoms with Gasteiger partial charge in [-0.25, -0.2) is 13.5 Å². The van der Waals surface area contributed by atoms with Crippen molar-refractivity contribution in [1.82, 2.24) is 0 Å². The van der Waals surface area contributed by atoms with Crippen LogP contribution in [-0.4, -0.2) is 57.9 Å². The molecule has 0 aliphatic carbocycles. The Morgan fingerprint density at radius 3 is 1.30 bits per heavy atom. The van der Waals surface area contributed by atoms with Crippen molar-refractivity contribution in [3.63, 3.8) is 0 Å². The Bertz CT molecular complexity index is 666. The molecule has 0 saturated carbocycles. The second-order valence-electron chi connectivity index (χ2n) is 5.31. The fraction of sp³-hybridized carbons (Fsp3) is 1.00. The maximum absolute atomic E-state index is 13.2. The maximum Gasteiger partial charge on any atom is 0.474 e. The minimum absolute atomic E-state index is 1.80. The molecule has 0 rings (SSSR count). The van der Waals surface area contributed by atoms with Crippen LogP contribution in [0.1, 0.15) is 6.42 Å². The number of phosphoric acid groups is 1. The zero-order valence-corrected chi connectivity index (χ0v) is 13.9. The minimum atomic E-state index is -8.44. The normalized spacial score (nSPS) is 17.3. The highest BCUT2D eigenvalue weighted by Gasteiger charge is 2.91. The predicted molar refractivity (Wildman–Crippen MR) is 58.4 cm³/mol. The Kier molecular flexibility index (Phi) is 7.29. The van der Waals surface area contributed by atoms with Crippen molar-refractivity contribution >= 4 is 7.82 Å². The van der Waals surface area contributed by atoms with Gasteiger partial charge in [-0.1, -0.05) is 0 Å². The van der Waals surface area contributed by atoms with Crippen LogP contribution in [0.3, 0.4) is 0 Å². The van der Waals surface area contributed by atoms with Crippen LogP contribution in [0.5, 0.6) is 0 Å². The minimum Gasteiger partial charge on any atom is -0.303 e. The predicted octanol–water partition coefficient (Wildman–Crippen LogP) is 5.16. The first-order valence-electron chi connectivity index (χ1n) is 6.32.